The van der Waals surface area contributed by atoms with E-state index in [1.54, 1.807) is 36.9 Å². The fourth-order valence-electron chi connectivity index (χ4n) is 2.89. The van der Waals surface area contributed by atoms with Gasteiger partial charge in [0.05, 0.1) is 35.8 Å². The highest BCUT2D eigenvalue weighted by Gasteiger charge is 2.13. The number of pyridine rings is 2. The quantitative estimate of drug-likeness (QED) is 0.380. The monoisotopic (exact) mass is 361 g/mol. The molecule has 7 heteroatoms. The molecule has 136 valence electrons. The van der Waals surface area contributed by atoms with Gasteiger partial charge in [-0.1, -0.05) is 13.3 Å². The molecule has 0 aromatic carbocycles. The van der Waals surface area contributed by atoms with Crippen LogP contribution >= 0.6 is 0 Å². The zero-order valence-corrected chi connectivity index (χ0v) is 15.2. The first-order chi connectivity index (χ1) is 13.2. The van der Waals surface area contributed by atoms with Crippen LogP contribution in [0, 0.1) is 11.5 Å². The molecule has 0 atom stereocenters. The highest BCUT2D eigenvalue weighted by atomic mass is 16.5. The van der Waals surface area contributed by atoms with Crippen LogP contribution in [0.25, 0.3) is 22.3 Å². The largest absolute Gasteiger partial charge is 0.465 e. The molecule has 0 amide bonds. The Morgan fingerprint density at radius 2 is 2.19 bits per heavy atom. The molecular formula is C20H19N5O2. The number of unbranched alkanes of at least 4 members (excludes halogenated alkanes) is 1. The molecule has 0 unspecified atom stereocenters. The fourth-order valence-corrected chi connectivity index (χ4v) is 2.89. The Balaban J connectivity index is 2.10. The fraction of sp³-hybridized carbons (Fsp3) is 0.250. The van der Waals surface area contributed by atoms with Crippen molar-refractivity contribution in [3.05, 3.63) is 47.9 Å². The molecule has 0 fully saturated rings. The van der Waals surface area contributed by atoms with Crippen molar-refractivity contribution < 1.29 is 9.53 Å². The van der Waals surface area contributed by atoms with Crippen molar-refractivity contribution in [2.75, 3.05) is 7.11 Å². The van der Waals surface area contributed by atoms with Crippen LogP contribution in [0.15, 0.2) is 41.8 Å². The minimum absolute atomic E-state index is 0.413. The van der Waals surface area contributed by atoms with Gasteiger partial charge in [0, 0.05) is 36.1 Å². The molecule has 3 heterocycles. The third kappa shape index (κ3) is 3.85. The number of nitriles is 1. The Morgan fingerprint density at radius 1 is 1.37 bits per heavy atom. The van der Waals surface area contributed by atoms with Crippen LogP contribution in [0.2, 0.25) is 0 Å². The summed E-state index contributed by atoms with van der Waals surface area (Å²) in [5, 5.41) is 9.70. The molecule has 0 radical (unpaired) electrons. The highest BCUT2D eigenvalue weighted by Crippen LogP contribution is 2.25. The number of aliphatic imine (C=N–C) groups is 1. The molecule has 0 spiro atoms. The number of ether oxygens (including phenoxy) is 1. The molecule has 0 aliphatic heterocycles. The second-order valence-electron chi connectivity index (χ2n) is 6.00. The van der Waals surface area contributed by atoms with E-state index in [4.69, 9.17) is 10.00 Å². The third-order valence-electron chi connectivity index (χ3n) is 4.26. The van der Waals surface area contributed by atoms with Crippen LogP contribution in [-0.2, 0) is 11.3 Å². The van der Waals surface area contributed by atoms with Gasteiger partial charge in [-0.25, -0.2) is 4.79 Å². The zero-order valence-electron chi connectivity index (χ0n) is 15.2. The average molecular weight is 361 g/mol. The summed E-state index contributed by atoms with van der Waals surface area (Å²) in [7, 11) is 1.34. The Labute approximate surface area is 157 Å². The van der Waals surface area contributed by atoms with E-state index in [9.17, 15) is 4.79 Å². The summed E-state index contributed by atoms with van der Waals surface area (Å²) < 4.78 is 6.88. The van der Waals surface area contributed by atoms with E-state index in [2.05, 4.69) is 26.5 Å². The first-order valence-corrected chi connectivity index (χ1v) is 8.63. The summed E-state index contributed by atoms with van der Waals surface area (Å²) in [4.78, 5) is 24.3. The van der Waals surface area contributed by atoms with Crippen molar-refractivity contribution in [1.82, 2.24) is 14.5 Å². The third-order valence-corrected chi connectivity index (χ3v) is 4.26. The smallest absolute Gasteiger partial charge is 0.337 e. The maximum absolute atomic E-state index is 11.8. The lowest BCUT2D eigenvalue weighted by atomic mass is 10.1. The molecule has 0 bridgehead atoms. The number of rotatable bonds is 6. The first-order valence-electron chi connectivity index (χ1n) is 8.63. The predicted octanol–water partition coefficient (Wildman–Crippen LogP) is 3.58. The van der Waals surface area contributed by atoms with Gasteiger partial charge in [-0.3, -0.25) is 9.97 Å². The number of hydrogen-bond donors (Lipinski definition) is 0. The van der Waals surface area contributed by atoms with Crippen LogP contribution in [0.5, 0.6) is 0 Å². The summed E-state index contributed by atoms with van der Waals surface area (Å²) >= 11 is 0. The number of carbonyl (C=O) groups excluding carboxylic acids is 1. The van der Waals surface area contributed by atoms with Gasteiger partial charge in [-0.15, -0.1) is 0 Å². The minimum atomic E-state index is -0.424. The van der Waals surface area contributed by atoms with E-state index >= 15 is 0 Å². The van der Waals surface area contributed by atoms with Crippen molar-refractivity contribution in [3.8, 4) is 17.6 Å². The van der Waals surface area contributed by atoms with Gasteiger partial charge < -0.3 is 9.30 Å². The Hall–Kier alpha value is -3.53. The van der Waals surface area contributed by atoms with Crippen molar-refractivity contribution >= 4 is 23.1 Å². The van der Waals surface area contributed by atoms with Crippen molar-refractivity contribution in [1.29, 1.82) is 5.26 Å². The van der Waals surface area contributed by atoms with E-state index in [-0.39, 0.29) is 0 Å². The number of hydrogen-bond acceptors (Lipinski definition) is 6. The van der Waals surface area contributed by atoms with Gasteiger partial charge >= 0.3 is 5.97 Å². The summed E-state index contributed by atoms with van der Waals surface area (Å²) in [5.41, 5.74) is 3.43. The van der Waals surface area contributed by atoms with Gasteiger partial charge in [0.25, 0.3) is 0 Å². The number of esters is 1. The normalized spacial score (nSPS) is 11.0. The Morgan fingerprint density at radius 3 is 2.93 bits per heavy atom. The van der Waals surface area contributed by atoms with E-state index in [0.717, 1.165) is 35.9 Å². The molecule has 3 rings (SSSR count). The van der Waals surface area contributed by atoms with Gasteiger partial charge in [-0.2, -0.15) is 10.3 Å². The molecule has 0 aliphatic rings. The lowest BCUT2D eigenvalue weighted by molar-refractivity contribution is 0.0600. The molecule has 0 saturated heterocycles. The molecule has 0 N–H and O–H groups in total. The van der Waals surface area contributed by atoms with Crippen LogP contribution in [0.1, 0.15) is 35.7 Å². The molecule has 3 aromatic rings. The van der Waals surface area contributed by atoms with Gasteiger partial charge in [0.15, 0.2) is 0 Å². The SMILES string of the molecule is CCCCn1cc(C=NC#N)c2cc(-c3cc(C(=O)OC)ccn3)ncc21. The van der Waals surface area contributed by atoms with Crippen LogP contribution in [-0.4, -0.2) is 33.8 Å². The molecule has 0 aliphatic carbocycles. The topological polar surface area (TPSA) is 93.2 Å². The number of fused-ring (bicyclic) bond motifs is 1. The average Bonchev–Trinajstić information content (AvgIpc) is 3.07. The van der Waals surface area contributed by atoms with Gasteiger partial charge in [-0.05, 0) is 24.6 Å². The van der Waals surface area contributed by atoms with Crippen molar-refractivity contribution in [2.45, 2.75) is 26.3 Å². The van der Waals surface area contributed by atoms with Crippen LogP contribution in [0.4, 0.5) is 0 Å². The van der Waals surface area contributed by atoms with Gasteiger partial charge in [0.2, 0.25) is 6.19 Å². The summed E-state index contributed by atoms with van der Waals surface area (Å²) in [5.74, 6) is -0.424. The number of carbonyl (C=O) groups is 1. The zero-order chi connectivity index (χ0) is 19.2. The van der Waals surface area contributed by atoms with Crippen LogP contribution in [0.3, 0.4) is 0 Å². The Kier molecular flexibility index (Phi) is 5.57. The van der Waals surface area contributed by atoms with E-state index in [1.807, 2.05) is 12.3 Å². The number of nitrogens with zero attached hydrogens (tertiary/aromatic N) is 5. The van der Waals surface area contributed by atoms with Gasteiger partial charge in [0.1, 0.15) is 0 Å². The molecule has 7 nitrogen and oxygen atoms in total. The molecule has 27 heavy (non-hydrogen) atoms. The summed E-state index contributed by atoms with van der Waals surface area (Å²) in [6.45, 7) is 3.00. The van der Waals surface area contributed by atoms with E-state index in [1.165, 1.54) is 7.11 Å². The van der Waals surface area contributed by atoms with E-state index in [0.29, 0.717) is 17.0 Å². The summed E-state index contributed by atoms with van der Waals surface area (Å²) in [6.07, 6.45) is 10.8. The lowest BCUT2D eigenvalue weighted by Gasteiger charge is -2.06. The maximum Gasteiger partial charge on any atom is 0.337 e. The van der Waals surface area contributed by atoms with E-state index < -0.39 is 5.97 Å². The standard InChI is InChI=1S/C20H19N5O2/c1-3-4-7-25-12-15(10-22-13-21)16-9-18(24-11-19(16)25)17-8-14(5-6-23-17)20(26)27-2/h5-6,8-12H,3-4,7H2,1-2H3. The Bertz CT molecular complexity index is 1050. The number of aryl methyl sites for hydroxylation is 1. The number of methoxy groups -OCH3 is 1. The second kappa shape index (κ2) is 8.23. The first kappa shape index (κ1) is 18.3. The molecule has 0 saturated carbocycles. The lowest BCUT2D eigenvalue weighted by Crippen LogP contribution is -2.02. The second-order valence-corrected chi connectivity index (χ2v) is 6.00. The predicted molar refractivity (Wildman–Crippen MR) is 102 cm³/mol. The maximum atomic E-state index is 11.8. The highest BCUT2D eigenvalue weighted by molar-refractivity contribution is 6.00. The van der Waals surface area contributed by atoms with Crippen molar-refractivity contribution in [2.24, 2.45) is 4.99 Å². The van der Waals surface area contributed by atoms with Crippen molar-refractivity contribution in [3.63, 3.8) is 0 Å². The summed E-state index contributed by atoms with van der Waals surface area (Å²) in [6, 6.07) is 5.15. The number of aromatic nitrogens is 3. The van der Waals surface area contributed by atoms with Crippen LogP contribution < -0.4 is 0 Å². The minimum Gasteiger partial charge on any atom is -0.465 e. The molecular weight excluding hydrogens is 342 g/mol. The molecule has 3 aromatic heterocycles.